The monoisotopic (exact) mass is 297 g/mol. The van der Waals surface area contributed by atoms with Crippen LogP contribution in [0.3, 0.4) is 0 Å². The molecule has 0 aromatic heterocycles. The molecule has 0 aliphatic rings. The molecule has 0 aliphatic carbocycles. The van der Waals surface area contributed by atoms with Gasteiger partial charge in [-0.2, -0.15) is 13.2 Å². The number of alkyl halides is 3. The summed E-state index contributed by atoms with van der Waals surface area (Å²) >= 11 is 0. The molecule has 0 saturated carbocycles. The Balaban J connectivity index is 2.03. The van der Waals surface area contributed by atoms with Gasteiger partial charge in [-0.1, -0.05) is 12.1 Å². The smallest absolute Gasteiger partial charge is 0.416 e. The summed E-state index contributed by atoms with van der Waals surface area (Å²) in [5.74, 6) is -0.340. The van der Waals surface area contributed by atoms with Crippen LogP contribution >= 0.6 is 0 Å². The first-order valence-corrected chi connectivity index (χ1v) is 5.99. The normalized spacial score (nSPS) is 11.2. The highest BCUT2D eigenvalue weighted by molar-refractivity contribution is 5.77. The molecule has 1 N–H and O–H groups in total. The van der Waals surface area contributed by atoms with Crippen LogP contribution in [0.25, 0.3) is 0 Å². The van der Waals surface area contributed by atoms with Gasteiger partial charge in [0.1, 0.15) is 18.2 Å². The summed E-state index contributed by atoms with van der Waals surface area (Å²) in [6.45, 7) is 0.0293. The molecule has 0 radical (unpaired) electrons. The Morgan fingerprint density at radius 2 is 1.71 bits per heavy atom. The van der Waals surface area contributed by atoms with Gasteiger partial charge in [0.25, 0.3) is 0 Å². The maximum absolute atomic E-state index is 13.4. The third-order valence-electron chi connectivity index (χ3n) is 2.81. The van der Waals surface area contributed by atoms with Gasteiger partial charge in [-0.15, -0.1) is 0 Å². The summed E-state index contributed by atoms with van der Waals surface area (Å²) in [5, 5.41) is 6.96. The molecular weight excluding hydrogens is 286 g/mol. The van der Waals surface area contributed by atoms with Crippen molar-refractivity contribution in [2.45, 2.75) is 12.8 Å². The van der Waals surface area contributed by atoms with Crippen molar-refractivity contribution in [3.05, 3.63) is 65.0 Å². The van der Waals surface area contributed by atoms with Gasteiger partial charge in [-0.05, 0) is 29.8 Å². The van der Waals surface area contributed by atoms with E-state index in [9.17, 15) is 17.6 Å². The van der Waals surface area contributed by atoms with Crippen LogP contribution in [0.4, 0.5) is 17.6 Å². The molecule has 0 bridgehead atoms. The van der Waals surface area contributed by atoms with Gasteiger partial charge in [0.2, 0.25) is 0 Å². The lowest BCUT2D eigenvalue weighted by Crippen LogP contribution is -2.05. The molecule has 110 valence electrons. The Bertz CT molecular complexity index is 635. The number of halogens is 4. The second kappa shape index (κ2) is 5.95. The Hall–Kier alpha value is -2.37. The number of nitrogens with one attached hydrogen (secondary N) is 1. The average Bonchev–Trinajstić information content (AvgIpc) is 2.45. The maximum Gasteiger partial charge on any atom is 0.416 e. The highest BCUT2D eigenvalue weighted by Crippen LogP contribution is 2.29. The van der Waals surface area contributed by atoms with E-state index in [0.717, 1.165) is 24.4 Å². The summed E-state index contributed by atoms with van der Waals surface area (Å²) in [6.07, 6.45) is -3.49. The molecular formula is C15H11F4NO. The van der Waals surface area contributed by atoms with E-state index in [1.807, 2.05) is 0 Å². The predicted octanol–water partition coefficient (Wildman–Crippen LogP) is 4.42. The van der Waals surface area contributed by atoms with Gasteiger partial charge in [0.15, 0.2) is 0 Å². The van der Waals surface area contributed by atoms with Gasteiger partial charge in [0.05, 0.1) is 5.56 Å². The zero-order valence-corrected chi connectivity index (χ0v) is 10.7. The second-order valence-corrected chi connectivity index (χ2v) is 4.31. The average molecular weight is 297 g/mol. The molecule has 0 saturated heterocycles. The number of hydrogen-bond donors (Lipinski definition) is 1. The van der Waals surface area contributed by atoms with E-state index in [2.05, 4.69) is 0 Å². The van der Waals surface area contributed by atoms with Gasteiger partial charge in [-0.25, -0.2) is 4.39 Å². The second-order valence-electron chi connectivity index (χ2n) is 4.31. The van der Waals surface area contributed by atoms with Crippen molar-refractivity contribution >= 4 is 6.21 Å². The first-order valence-electron chi connectivity index (χ1n) is 5.99. The highest BCUT2D eigenvalue weighted by atomic mass is 19.4. The molecule has 0 aliphatic heterocycles. The molecule has 0 unspecified atom stereocenters. The van der Waals surface area contributed by atoms with Crippen LogP contribution < -0.4 is 4.74 Å². The van der Waals surface area contributed by atoms with Crippen LogP contribution in [0.1, 0.15) is 16.7 Å². The number of ether oxygens (including phenoxy) is 1. The third-order valence-corrected chi connectivity index (χ3v) is 2.81. The molecule has 2 aromatic carbocycles. The van der Waals surface area contributed by atoms with E-state index < -0.39 is 17.6 Å². The van der Waals surface area contributed by atoms with E-state index in [4.69, 9.17) is 10.1 Å². The van der Waals surface area contributed by atoms with Crippen LogP contribution in [0.15, 0.2) is 42.5 Å². The molecule has 0 atom stereocenters. The number of hydrogen-bond acceptors (Lipinski definition) is 2. The summed E-state index contributed by atoms with van der Waals surface area (Å²) in [4.78, 5) is 0. The first kappa shape index (κ1) is 15.0. The predicted molar refractivity (Wildman–Crippen MR) is 70.1 cm³/mol. The summed E-state index contributed by atoms with van der Waals surface area (Å²) < 4.78 is 55.9. The van der Waals surface area contributed by atoms with Crippen LogP contribution in [0.5, 0.6) is 5.75 Å². The Kier molecular flexibility index (Phi) is 4.26. The van der Waals surface area contributed by atoms with Crippen molar-refractivity contribution < 1.29 is 22.3 Å². The van der Waals surface area contributed by atoms with Gasteiger partial charge < -0.3 is 10.1 Å². The third kappa shape index (κ3) is 3.81. The number of rotatable bonds is 4. The van der Waals surface area contributed by atoms with Crippen molar-refractivity contribution in [3.63, 3.8) is 0 Å². The Labute approximate surface area is 118 Å². The summed E-state index contributed by atoms with van der Waals surface area (Å²) in [6, 6.07) is 8.58. The van der Waals surface area contributed by atoms with E-state index in [0.29, 0.717) is 5.56 Å². The van der Waals surface area contributed by atoms with Crippen molar-refractivity contribution in [2.24, 2.45) is 0 Å². The molecule has 0 spiro atoms. The van der Waals surface area contributed by atoms with Crippen molar-refractivity contribution in [3.8, 4) is 5.75 Å². The Morgan fingerprint density at radius 3 is 2.24 bits per heavy atom. The minimum atomic E-state index is -4.37. The molecule has 21 heavy (non-hydrogen) atoms. The minimum Gasteiger partial charge on any atom is -0.489 e. The first-order chi connectivity index (χ1) is 9.90. The van der Waals surface area contributed by atoms with E-state index >= 15 is 0 Å². The fourth-order valence-electron chi connectivity index (χ4n) is 1.67. The molecule has 6 heteroatoms. The standard InChI is InChI=1S/C15H11F4NO/c16-14-7-13(6-3-11(14)8-20)21-9-10-1-4-12(5-2-10)15(17,18)19/h1-8,20H,9H2. The lowest BCUT2D eigenvalue weighted by atomic mass is 10.1. The SMILES string of the molecule is N=Cc1ccc(OCc2ccc(C(F)(F)F)cc2)cc1F. The van der Waals surface area contributed by atoms with Crippen molar-refractivity contribution in [1.29, 1.82) is 5.41 Å². The molecule has 2 aromatic rings. The van der Waals surface area contributed by atoms with Crippen molar-refractivity contribution in [1.82, 2.24) is 0 Å². The zero-order valence-electron chi connectivity index (χ0n) is 10.7. The van der Waals surface area contributed by atoms with E-state index in [1.165, 1.54) is 24.3 Å². The lowest BCUT2D eigenvalue weighted by Gasteiger charge is -2.09. The highest BCUT2D eigenvalue weighted by Gasteiger charge is 2.29. The fraction of sp³-hybridized carbons (Fsp3) is 0.133. The summed E-state index contributed by atoms with van der Waals surface area (Å²) in [7, 11) is 0. The van der Waals surface area contributed by atoms with Crippen LogP contribution in [-0.4, -0.2) is 6.21 Å². The topological polar surface area (TPSA) is 33.1 Å². The lowest BCUT2D eigenvalue weighted by molar-refractivity contribution is -0.137. The molecule has 2 nitrogen and oxygen atoms in total. The number of benzene rings is 2. The maximum atomic E-state index is 13.4. The minimum absolute atomic E-state index is 0.0293. The van der Waals surface area contributed by atoms with E-state index in [-0.39, 0.29) is 17.9 Å². The van der Waals surface area contributed by atoms with Crippen LogP contribution in [0, 0.1) is 11.2 Å². The Morgan fingerprint density at radius 1 is 1.05 bits per heavy atom. The van der Waals surface area contributed by atoms with Gasteiger partial charge in [0, 0.05) is 17.8 Å². The van der Waals surface area contributed by atoms with Gasteiger partial charge in [-0.3, -0.25) is 0 Å². The van der Waals surface area contributed by atoms with Gasteiger partial charge >= 0.3 is 6.18 Å². The molecule has 0 fully saturated rings. The zero-order chi connectivity index (χ0) is 15.5. The van der Waals surface area contributed by atoms with Crippen molar-refractivity contribution in [2.75, 3.05) is 0 Å². The quantitative estimate of drug-likeness (QED) is 0.657. The molecule has 0 amide bonds. The van der Waals surface area contributed by atoms with Crippen LogP contribution in [0.2, 0.25) is 0 Å². The fourth-order valence-corrected chi connectivity index (χ4v) is 1.67. The summed E-state index contributed by atoms with van der Waals surface area (Å²) in [5.41, 5.74) is -0.0518. The van der Waals surface area contributed by atoms with E-state index in [1.54, 1.807) is 0 Å². The molecule has 2 rings (SSSR count). The van der Waals surface area contributed by atoms with Crippen LogP contribution in [-0.2, 0) is 12.8 Å². The molecule has 0 heterocycles. The largest absolute Gasteiger partial charge is 0.489 e.